The van der Waals surface area contributed by atoms with E-state index in [1.54, 1.807) is 33.3 Å². The van der Waals surface area contributed by atoms with Crippen molar-refractivity contribution in [3.8, 4) is 0 Å². The lowest BCUT2D eigenvalue weighted by atomic mass is 10.2. The van der Waals surface area contributed by atoms with E-state index in [1.165, 1.54) is 12.5 Å². The molecule has 3 heterocycles. The van der Waals surface area contributed by atoms with Crippen LogP contribution in [0.5, 0.6) is 0 Å². The van der Waals surface area contributed by atoms with Gasteiger partial charge in [-0.2, -0.15) is 0 Å². The SMILES string of the molecule is O=C(/C=C/c1cccs1)N1CCN(C(=O)c2ccoc2)CC1. The lowest BCUT2D eigenvalue weighted by Gasteiger charge is -2.34. The Kier molecular flexibility index (Phi) is 4.39. The van der Waals surface area contributed by atoms with Crippen molar-refractivity contribution in [3.05, 3.63) is 52.6 Å². The number of carbonyl (C=O) groups is 2. The second-order valence-corrected chi connectivity index (χ2v) is 5.96. The van der Waals surface area contributed by atoms with E-state index in [2.05, 4.69) is 0 Å². The number of furan rings is 1. The number of hydrogen-bond acceptors (Lipinski definition) is 4. The molecule has 2 aromatic rings. The molecule has 0 bridgehead atoms. The first-order valence-electron chi connectivity index (χ1n) is 7.06. The molecular formula is C16H16N2O3S. The third kappa shape index (κ3) is 3.28. The summed E-state index contributed by atoms with van der Waals surface area (Å²) in [5, 5.41) is 1.98. The maximum atomic E-state index is 12.2. The molecule has 1 aliphatic rings. The molecule has 3 rings (SSSR count). The molecule has 2 amide bonds. The number of piperazine rings is 1. The normalized spacial score (nSPS) is 15.5. The molecule has 0 atom stereocenters. The molecular weight excluding hydrogens is 300 g/mol. The third-order valence-electron chi connectivity index (χ3n) is 3.58. The molecule has 6 heteroatoms. The van der Waals surface area contributed by atoms with Crippen LogP contribution in [0, 0.1) is 0 Å². The molecule has 22 heavy (non-hydrogen) atoms. The summed E-state index contributed by atoms with van der Waals surface area (Å²) in [5.74, 6) is -0.0567. The van der Waals surface area contributed by atoms with E-state index in [0.717, 1.165) is 4.88 Å². The first kappa shape index (κ1) is 14.6. The fourth-order valence-corrected chi connectivity index (χ4v) is 2.96. The predicted molar refractivity (Wildman–Crippen MR) is 84.5 cm³/mol. The van der Waals surface area contributed by atoms with E-state index in [1.807, 2.05) is 23.6 Å². The molecule has 5 nitrogen and oxygen atoms in total. The molecule has 0 N–H and O–H groups in total. The highest BCUT2D eigenvalue weighted by molar-refractivity contribution is 7.10. The summed E-state index contributed by atoms with van der Waals surface area (Å²) < 4.78 is 4.93. The zero-order valence-electron chi connectivity index (χ0n) is 12.0. The van der Waals surface area contributed by atoms with Crippen molar-refractivity contribution in [1.29, 1.82) is 0 Å². The number of rotatable bonds is 3. The molecule has 1 saturated heterocycles. The van der Waals surface area contributed by atoms with Crippen LogP contribution in [0.1, 0.15) is 15.2 Å². The Balaban J connectivity index is 1.53. The molecule has 0 aliphatic carbocycles. The average Bonchev–Trinajstić information content (AvgIpc) is 3.25. The number of thiophene rings is 1. The van der Waals surface area contributed by atoms with Crippen molar-refractivity contribution in [1.82, 2.24) is 9.80 Å². The maximum absolute atomic E-state index is 12.2. The second kappa shape index (κ2) is 6.62. The Bertz CT molecular complexity index is 654. The molecule has 0 radical (unpaired) electrons. The highest BCUT2D eigenvalue weighted by Gasteiger charge is 2.24. The van der Waals surface area contributed by atoms with Crippen LogP contribution >= 0.6 is 11.3 Å². The van der Waals surface area contributed by atoms with E-state index in [-0.39, 0.29) is 11.8 Å². The van der Waals surface area contributed by atoms with Gasteiger partial charge in [-0.15, -0.1) is 11.3 Å². The van der Waals surface area contributed by atoms with Gasteiger partial charge in [-0.05, 0) is 23.6 Å². The van der Waals surface area contributed by atoms with Crippen LogP contribution in [-0.2, 0) is 4.79 Å². The van der Waals surface area contributed by atoms with Gasteiger partial charge in [-0.25, -0.2) is 0 Å². The van der Waals surface area contributed by atoms with E-state index in [4.69, 9.17) is 4.42 Å². The molecule has 0 aromatic carbocycles. The fraction of sp³-hybridized carbons (Fsp3) is 0.250. The minimum atomic E-state index is -0.0463. The molecule has 0 spiro atoms. The molecule has 0 unspecified atom stereocenters. The van der Waals surface area contributed by atoms with Gasteiger partial charge < -0.3 is 14.2 Å². The minimum absolute atomic E-state index is 0.0104. The smallest absolute Gasteiger partial charge is 0.257 e. The van der Waals surface area contributed by atoms with E-state index >= 15 is 0 Å². The van der Waals surface area contributed by atoms with Crippen LogP contribution in [0.25, 0.3) is 6.08 Å². The highest BCUT2D eigenvalue weighted by Crippen LogP contribution is 2.12. The Labute approximate surface area is 132 Å². The van der Waals surface area contributed by atoms with Crippen molar-refractivity contribution in [2.45, 2.75) is 0 Å². The van der Waals surface area contributed by atoms with Crippen molar-refractivity contribution in [2.75, 3.05) is 26.2 Å². The highest BCUT2D eigenvalue weighted by atomic mass is 32.1. The van der Waals surface area contributed by atoms with Crippen molar-refractivity contribution < 1.29 is 14.0 Å². The summed E-state index contributed by atoms with van der Waals surface area (Å²) in [6, 6.07) is 5.58. The summed E-state index contributed by atoms with van der Waals surface area (Å²) in [6.07, 6.45) is 6.36. The van der Waals surface area contributed by atoms with Gasteiger partial charge in [0.25, 0.3) is 5.91 Å². The lowest BCUT2D eigenvalue weighted by molar-refractivity contribution is -0.127. The van der Waals surface area contributed by atoms with Crippen molar-refractivity contribution in [2.24, 2.45) is 0 Å². The zero-order valence-corrected chi connectivity index (χ0v) is 12.8. The van der Waals surface area contributed by atoms with Gasteiger partial charge in [0.1, 0.15) is 6.26 Å². The summed E-state index contributed by atoms with van der Waals surface area (Å²) in [6.45, 7) is 2.19. The molecule has 114 valence electrons. The second-order valence-electron chi connectivity index (χ2n) is 4.98. The van der Waals surface area contributed by atoms with Gasteiger partial charge in [0.15, 0.2) is 0 Å². The first-order valence-corrected chi connectivity index (χ1v) is 7.94. The van der Waals surface area contributed by atoms with E-state index in [9.17, 15) is 9.59 Å². The molecule has 1 fully saturated rings. The van der Waals surface area contributed by atoms with Crippen LogP contribution in [0.2, 0.25) is 0 Å². The number of nitrogens with zero attached hydrogens (tertiary/aromatic N) is 2. The van der Waals surface area contributed by atoms with E-state index in [0.29, 0.717) is 31.7 Å². The Morgan fingerprint density at radius 1 is 1.14 bits per heavy atom. The topological polar surface area (TPSA) is 53.8 Å². The predicted octanol–water partition coefficient (Wildman–Crippen LogP) is 2.34. The number of amides is 2. The minimum Gasteiger partial charge on any atom is -0.472 e. The number of carbonyl (C=O) groups excluding carboxylic acids is 2. The first-order chi connectivity index (χ1) is 10.7. The summed E-state index contributed by atoms with van der Waals surface area (Å²) in [5.41, 5.74) is 0.553. The molecule has 1 aliphatic heterocycles. The lowest BCUT2D eigenvalue weighted by Crippen LogP contribution is -2.50. The monoisotopic (exact) mass is 316 g/mol. The summed E-state index contributed by atoms with van der Waals surface area (Å²) in [4.78, 5) is 28.9. The zero-order chi connectivity index (χ0) is 15.4. The average molecular weight is 316 g/mol. The van der Waals surface area contributed by atoms with Gasteiger partial charge in [0.05, 0.1) is 11.8 Å². The Hall–Kier alpha value is -2.34. The van der Waals surface area contributed by atoms with Crippen LogP contribution in [0.15, 0.2) is 46.6 Å². The van der Waals surface area contributed by atoms with Crippen LogP contribution in [0.3, 0.4) is 0 Å². The van der Waals surface area contributed by atoms with Gasteiger partial charge >= 0.3 is 0 Å². The quantitative estimate of drug-likeness (QED) is 0.817. The van der Waals surface area contributed by atoms with Crippen molar-refractivity contribution in [3.63, 3.8) is 0 Å². The van der Waals surface area contributed by atoms with Crippen LogP contribution in [0.4, 0.5) is 0 Å². The summed E-state index contributed by atoms with van der Waals surface area (Å²) >= 11 is 1.60. The van der Waals surface area contributed by atoms with Gasteiger partial charge in [0, 0.05) is 37.1 Å². The van der Waals surface area contributed by atoms with Crippen molar-refractivity contribution >= 4 is 29.2 Å². The standard InChI is InChI=1S/C16H16N2O3S/c19-15(4-3-14-2-1-11-22-14)17-6-8-18(9-7-17)16(20)13-5-10-21-12-13/h1-5,10-12H,6-9H2/b4-3+. The largest absolute Gasteiger partial charge is 0.472 e. The van der Waals surface area contributed by atoms with Gasteiger partial charge in [-0.1, -0.05) is 6.07 Å². The fourth-order valence-electron chi connectivity index (χ4n) is 2.34. The Morgan fingerprint density at radius 2 is 1.91 bits per heavy atom. The molecule has 0 saturated carbocycles. The van der Waals surface area contributed by atoms with Gasteiger partial charge in [0.2, 0.25) is 5.91 Å². The molecule has 2 aromatic heterocycles. The Morgan fingerprint density at radius 3 is 2.55 bits per heavy atom. The number of hydrogen-bond donors (Lipinski definition) is 0. The summed E-state index contributed by atoms with van der Waals surface area (Å²) in [7, 11) is 0. The van der Waals surface area contributed by atoms with Crippen LogP contribution in [-0.4, -0.2) is 47.8 Å². The van der Waals surface area contributed by atoms with Gasteiger partial charge in [-0.3, -0.25) is 9.59 Å². The van der Waals surface area contributed by atoms with Crippen LogP contribution < -0.4 is 0 Å². The third-order valence-corrected chi connectivity index (χ3v) is 4.42. The van der Waals surface area contributed by atoms with E-state index < -0.39 is 0 Å². The maximum Gasteiger partial charge on any atom is 0.257 e.